The average Bonchev–Trinajstić information content (AvgIpc) is 2.78. The van der Waals surface area contributed by atoms with Crippen molar-refractivity contribution in [2.45, 2.75) is 57.4 Å². The van der Waals surface area contributed by atoms with Crippen molar-refractivity contribution in [2.75, 3.05) is 0 Å². The van der Waals surface area contributed by atoms with Gasteiger partial charge in [0.25, 0.3) is 0 Å². The van der Waals surface area contributed by atoms with E-state index >= 15 is 0 Å². The highest BCUT2D eigenvalue weighted by molar-refractivity contribution is 5.68. The quantitative estimate of drug-likeness (QED) is 0.415. The number of nitrogens with zero attached hydrogens (tertiary/aromatic N) is 4. The van der Waals surface area contributed by atoms with Gasteiger partial charge in [-0.05, 0) is 36.4 Å². The number of carbonyl (C=O) groups is 1. The van der Waals surface area contributed by atoms with Crippen LogP contribution in [0.5, 0.6) is 0 Å². The number of hydrogen-bond acceptors (Lipinski definition) is 5. The molecule has 1 amide bonds. The molecule has 8 nitrogen and oxygen atoms in total. The van der Waals surface area contributed by atoms with Gasteiger partial charge in [0.1, 0.15) is 6.61 Å². The summed E-state index contributed by atoms with van der Waals surface area (Å²) in [5.74, 6) is 0. The van der Waals surface area contributed by atoms with Crippen LogP contribution in [0.2, 0.25) is 0 Å². The molecule has 0 radical (unpaired) electrons. The highest BCUT2D eigenvalue weighted by Gasteiger charge is 2.36. The number of benzene rings is 2. The molecule has 0 aromatic heterocycles. The SMILES string of the molecule is C[C@H]([C@@H]1CC[C@@H](N=[N+]=[N-])C(O)O1)N(Cc1ccccc1)C(=O)OCc1ccccc1. The third-order valence-corrected chi connectivity index (χ3v) is 5.26. The minimum Gasteiger partial charge on any atom is -0.445 e. The Balaban J connectivity index is 1.71. The molecule has 0 aliphatic carbocycles. The molecule has 2 aromatic rings. The number of amides is 1. The summed E-state index contributed by atoms with van der Waals surface area (Å²) in [4.78, 5) is 17.3. The van der Waals surface area contributed by atoms with Gasteiger partial charge in [0, 0.05) is 11.5 Å². The van der Waals surface area contributed by atoms with Crippen molar-refractivity contribution in [3.05, 3.63) is 82.2 Å². The van der Waals surface area contributed by atoms with Crippen molar-refractivity contribution in [3.8, 4) is 0 Å². The summed E-state index contributed by atoms with van der Waals surface area (Å²) >= 11 is 0. The van der Waals surface area contributed by atoms with Gasteiger partial charge in [-0.2, -0.15) is 0 Å². The maximum Gasteiger partial charge on any atom is 0.410 e. The topological polar surface area (TPSA) is 108 Å². The Morgan fingerprint density at radius 2 is 1.83 bits per heavy atom. The minimum absolute atomic E-state index is 0.171. The molecule has 30 heavy (non-hydrogen) atoms. The zero-order valence-corrected chi connectivity index (χ0v) is 16.9. The first-order valence-corrected chi connectivity index (χ1v) is 9.97. The van der Waals surface area contributed by atoms with Crippen LogP contribution in [0, 0.1) is 0 Å². The van der Waals surface area contributed by atoms with Crippen LogP contribution in [0.3, 0.4) is 0 Å². The van der Waals surface area contributed by atoms with E-state index in [2.05, 4.69) is 10.0 Å². The fraction of sp³-hybridized carbons (Fsp3) is 0.409. The van der Waals surface area contributed by atoms with E-state index in [9.17, 15) is 9.90 Å². The maximum atomic E-state index is 13.0. The smallest absolute Gasteiger partial charge is 0.410 e. The lowest BCUT2D eigenvalue weighted by Gasteiger charge is -2.39. The summed E-state index contributed by atoms with van der Waals surface area (Å²) < 4.78 is 11.2. The second-order valence-electron chi connectivity index (χ2n) is 7.31. The van der Waals surface area contributed by atoms with Gasteiger partial charge in [-0.1, -0.05) is 65.8 Å². The number of hydrogen-bond donors (Lipinski definition) is 1. The summed E-state index contributed by atoms with van der Waals surface area (Å²) in [5.41, 5.74) is 10.5. The lowest BCUT2D eigenvalue weighted by atomic mass is 9.98. The van der Waals surface area contributed by atoms with E-state index in [0.29, 0.717) is 19.4 Å². The summed E-state index contributed by atoms with van der Waals surface area (Å²) in [6, 6.07) is 18.2. The third-order valence-electron chi connectivity index (χ3n) is 5.26. The van der Waals surface area contributed by atoms with Gasteiger partial charge in [-0.15, -0.1) is 0 Å². The number of ether oxygens (including phenoxy) is 2. The third kappa shape index (κ3) is 5.73. The van der Waals surface area contributed by atoms with Gasteiger partial charge in [0.15, 0.2) is 6.29 Å². The largest absolute Gasteiger partial charge is 0.445 e. The second-order valence-corrected chi connectivity index (χ2v) is 7.31. The Morgan fingerprint density at radius 3 is 2.43 bits per heavy atom. The van der Waals surface area contributed by atoms with Gasteiger partial charge in [0.2, 0.25) is 0 Å². The Hall–Kier alpha value is -3.06. The van der Waals surface area contributed by atoms with E-state index in [1.807, 2.05) is 67.6 Å². The van der Waals surface area contributed by atoms with Crippen LogP contribution in [0.25, 0.3) is 10.4 Å². The Labute approximate surface area is 175 Å². The van der Waals surface area contributed by atoms with Gasteiger partial charge in [-0.25, -0.2) is 4.79 Å². The summed E-state index contributed by atoms with van der Waals surface area (Å²) in [6.07, 6.45) is -1.01. The van der Waals surface area contributed by atoms with Gasteiger partial charge >= 0.3 is 6.09 Å². The predicted octanol–water partition coefficient (Wildman–Crippen LogP) is 4.39. The number of aliphatic hydroxyl groups excluding tert-OH is 1. The molecule has 158 valence electrons. The van der Waals surface area contributed by atoms with E-state index in [-0.39, 0.29) is 12.6 Å². The van der Waals surface area contributed by atoms with Crippen LogP contribution in [0.15, 0.2) is 65.8 Å². The van der Waals surface area contributed by atoms with Crippen LogP contribution in [-0.2, 0) is 22.6 Å². The van der Waals surface area contributed by atoms with Crippen molar-refractivity contribution in [2.24, 2.45) is 5.11 Å². The molecule has 1 aliphatic heterocycles. The van der Waals surface area contributed by atoms with Crippen molar-refractivity contribution in [1.82, 2.24) is 4.90 Å². The molecule has 1 unspecified atom stereocenters. The molecular formula is C22H26N4O4. The van der Waals surface area contributed by atoms with Crippen molar-refractivity contribution in [1.29, 1.82) is 0 Å². The van der Waals surface area contributed by atoms with E-state index in [0.717, 1.165) is 11.1 Å². The van der Waals surface area contributed by atoms with Gasteiger partial charge in [0.05, 0.1) is 18.2 Å². The number of azide groups is 1. The molecule has 2 aromatic carbocycles. The molecule has 8 heteroatoms. The molecule has 1 saturated heterocycles. The van der Waals surface area contributed by atoms with Crippen LogP contribution in [0.1, 0.15) is 30.9 Å². The molecule has 4 atom stereocenters. The minimum atomic E-state index is -1.19. The Bertz CT molecular complexity index is 858. The second kappa shape index (κ2) is 10.6. The molecule has 0 spiro atoms. The molecule has 0 bridgehead atoms. The molecule has 3 rings (SSSR count). The molecule has 0 saturated carbocycles. The Kier molecular flexibility index (Phi) is 7.68. The first-order valence-electron chi connectivity index (χ1n) is 9.97. The van der Waals surface area contributed by atoms with Crippen LogP contribution in [-0.4, -0.2) is 40.6 Å². The van der Waals surface area contributed by atoms with Crippen LogP contribution >= 0.6 is 0 Å². The Morgan fingerprint density at radius 1 is 1.20 bits per heavy atom. The van der Waals surface area contributed by atoms with E-state index in [1.165, 1.54) is 0 Å². The molecular weight excluding hydrogens is 384 g/mol. The van der Waals surface area contributed by atoms with Crippen LogP contribution in [0.4, 0.5) is 4.79 Å². The predicted molar refractivity (Wildman–Crippen MR) is 111 cm³/mol. The first-order chi connectivity index (χ1) is 14.6. The zero-order valence-electron chi connectivity index (χ0n) is 16.9. The summed E-state index contributed by atoms with van der Waals surface area (Å²) in [7, 11) is 0. The molecule has 1 heterocycles. The van der Waals surface area contributed by atoms with E-state index in [4.69, 9.17) is 15.0 Å². The number of carbonyl (C=O) groups excluding carboxylic acids is 1. The normalized spacial score (nSPS) is 21.9. The molecule has 1 fully saturated rings. The van der Waals surface area contributed by atoms with Crippen molar-refractivity contribution in [3.63, 3.8) is 0 Å². The number of rotatable bonds is 7. The maximum absolute atomic E-state index is 13.0. The lowest BCUT2D eigenvalue weighted by Crippen LogP contribution is -2.50. The average molecular weight is 410 g/mol. The van der Waals surface area contributed by atoms with Crippen LogP contribution < -0.4 is 0 Å². The first kappa shape index (κ1) is 21.6. The summed E-state index contributed by atoms with van der Waals surface area (Å²) in [5, 5.41) is 13.7. The summed E-state index contributed by atoms with van der Waals surface area (Å²) in [6.45, 7) is 2.40. The van der Waals surface area contributed by atoms with E-state index < -0.39 is 24.5 Å². The number of aliphatic hydroxyl groups is 1. The highest BCUT2D eigenvalue weighted by atomic mass is 16.6. The fourth-order valence-electron chi connectivity index (χ4n) is 3.51. The monoisotopic (exact) mass is 410 g/mol. The van der Waals surface area contributed by atoms with E-state index in [1.54, 1.807) is 4.90 Å². The highest BCUT2D eigenvalue weighted by Crippen LogP contribution is 2.26. The van der Waals surface area contributed by atoms with Crippen molar-refractivity contribution < 1.29 is 19.4 Å². The lowest BCUT2D eigenvalue weighted by molar-refractivity contribution is -0.186. The molecule has 1 N–H and O–H groups in total. The van der Waals surface area contributed by atoms with Gasteiger partial charge < -0.3 is 14.6 Å². The standard InChI is InChI=1S/C22H26N4O4/c1-16(20-13-12-19(24-25-23)21(27)30-20)26(14-17-8-4-2-5-9-17)22(28)29-15-18-10-6-3-7-11-18/h2-11,16,19-21,27H,12-15H2,1H3/t16-,19-,20+,21?/m1/s1. The molecule has 1 aliphatic rings. The zero-order chi connectivity index (χ0) is 21.3. The van der Waals surface area contributed by atoms with Crippen molar-refractivity contribution >= 4 is 6.09 Å². The fourth-order valence-corrected chi connectivity index (χ4v) is 3.51. The van der Waals surface area contributed by atoms with Gasteiger partial charge in [-0.3, -0.25) is 4.90 Å².